The number of rotatable bonds is 5. The summed E-state index contributed by atoms with van der Waals surface area (Å²) in [4.78, 5) is 22.3. The number of hydrogen-bond donors (Lipinski definition) is 1. The molecule has 1 heterocycles. The first-order valence-corrected chi connectivity index (χ1v) is 9.99. The number of hydrogen-bond acceptors (Lipinski definition) is 4. The van der Waals surface area contributed by atoms with Crippen LogP contribution in [-0.4, -0.2) is 33.6 Å². The number of aromatic nitrogens is 2. The molecule has 0 unspecified atom stereocenters. The van der Waals surface area contributed by atoms with Crippen molar-refractivity contribution < 1.29 is 9.90 Å². The fourth-order valence-electron chi connectivity index (χ4n) is 3.64. The Bertz CT molecular complexity index is 772. The molecule has 1 N–H and O–H groups in total. The Kier molecular flexibility index (Phi) is 6.68. The van der Waals surface area contributed by atoms with Crippen LogP contribution in [-0.2, 0) is 0 Å². The molecule has 0 aliphatic heterocycles. The maximum atomic E-state index is 13.1. The van der Waals surface area contributed by atoms with Gasteiger partial charge < -0.3 is 10.0 Å². The molecule has 3 rings (SSSR count). The van der Waals surface area contributed by atoms with Crippen LogP contribution in [0.15, 0.2) is 30.6 Å². The first-order valence-electron chi connectivity index (χ1n) is 9.23. The second-order valence-electron chi connectivity index (χ2n) is 6.96. The van der Waals surface area contributed by atoms with Crippen molar-refractivity contribution in [2.24, 2.45) is 0 Å². The Hall–Kier alpha value is -1.69. The smallest absolute Gasteiger partial charge is 0.264 e. The number of benzene rings is 1. The van der Waals surface area contributed by atoms with Gasteiger partial charge in [0.15, 0.2) is 0 Å². The van der Waals surface area contributed by atoms with Crippen molar-refractivity contribution in [2.75, 3.05) is 11.5 Å². The topological polar surface area (TPSA) is 66.3 Å². The van der Waals surface area contributed by atoms with E-state index in [0.717, 1.165) is 0 Å². The largest absolute Gasteiger partial charge is 0.394 e. The molecule has 1 amide bonds. The molecule has 2 aromatic rings. The highest BCUT2D eigenvalue weighted by Crippen LogP contribution is 2.34. The molecule has 144 valence electrons. The van der Waals surface area contributed by atoms with E-state index in [1.54, 1.807) is 6.92 Å². The molecule has 1 aromatic heterocycles. The van der Waals surface area contributed by atoms with E-state index in [1.165, 1.54) is 48.9 Å². The first kappa shape index (κ1) is 20.1. The molecule has 1 aromatic carbocycles. The lowest BCUT2D eigenvalue weighted by Gasteiger charge is -2.29. The van der Waals surface area contributed by atoms with Crippen LogP contribution in [0.3, 0.4) is 0 Å². The number of aliphatic hydroxyl groups is 1. The van der Waals surface area contributed by atoms with Crippen molar-refractivity contribution in [2.45, 2.75) is 51.0 Å². The zero-order chi connectivity index (χ0) is 19.4. The Morgan fingerprint density at radius 3 is 2.30 bits per heavy atom. The molecule has 0 radical (unpaired) electrons. The summed E-state index contributed by atoms with van der Waals surface area (Å²) >= 11 is 12.2. The average Bonchev–Trinajstić information content (AvgIpc) is 2.69. The molecule has 0 spiro atoms. The first-order chi connectivity index (χ1) is 13.0. The van der Waals surface area contributed by atoms with Crippen molar-refractivity contribution >= 4 is 34.8 Å². The van der Waals surface area contributed by atoms with Crippen molar-refractivity contribution in [1.29, 1.82) is 0 Å². The van der Waals surface area contributed by atoms with Gasteiger partial charge in [0.05, 0.1) is 12.6 Å². The molecule has 7 heteroatoms. The van der Waals surface area contributed by atoms with E-state index in [-0.39, 0.29) is 22.5 Å². The van der Waals surface area contributed by atoms with E-state index in [4.69, 9.17) is 23.2 Å². The third-order valence-electron chi connectivity index (χ3n) is 5.14. The second kappa shape index (κ2) is 9.00. The standard InChI is InChI=1S/C20H23Cl2N3O2/c1-13(11-26)25(20(27)17-18(21)23-12-24-19(17)22)16-9-7-15(8-10-16)14-5-3-2-4-6-14/h7-10,12-14,26H,2-6,11H2,1H3/t13-/m1/s1. The summed E-state index contributed by atoms with van der Waals surface area (Å²) in [5.74, 6) is 0.149. The van der Waals surface area contributed by atoms with Crippen LogP contribution in [0.4, 0.5) is 5.69 Å². The fraction of sp³-hybridized carbons (Fsp3) is 0.450. The minimum atomic E-state index is -0.453. The van der Waals surface area contributed by atoms with Crippen LogP contribution in [0.1, 0.15) is 60.9 Å². The minimum Gasteiger partial charge on any atom is -0.394 e. The SMILES string of the molecule is C[C@H](CO)N(C(=O)c1c(Cl)ncnc1Cl)c1ccc(C2CCCCC2)cc1. The number of carbonyl (C=O) groups is 1. The van der Waals surface area contributed by atoms with Crippen molar-refractivity contribution in [3.8, 4) is 0 Å². The van der Waals surface area contributed by atoms with Gasteiger partial charge in [0, 0.05) is 5.69 Å². The van der Waals surface area contributed by atoms with Gasteiger partial charge in [-0.15, -0.1) is 0 Å². The van der Waals surface area contributed by atoms with Gasteiger partial charge in [0.25, 0.3) is 5.91 Å². The number of aliphatic hydroxyl groups excluding tert-OH is 1. The number of amides is 1. The summed E-state index contributed by atoms with van der Waals surface area (Å²) < 4.78 is 0. The van der Waals surface area contributed by atoms with E-state index in [1.807, 2.05) is 12.1 Å². The van der Waals surface area contributed by atoms with E-state index in [0.29, 0.717) is 11.6 Å². The van der Waals surface area contributed by atoms with E-state index in [2.05, 4.69) is 22.1 Å². The van der Waals surface area contributed by atoms with Crippen molar-refractivity contribution in [3.63, 3.8) is 0 Å². The summed E-state index contributed by atoms with van der Waals surface area (Å²) in [6, 6.07) is 7.52. The third kappa shape index (κ3) is 4.42. The summed E-state index contributed by atoms with van der Waals surface area (Å²) in [7, 11) is 0. The van der Waals surface area contributed by atoms with Gasteiger partial charge >= 0.3 is 0 Å². The number of carbonyl (C=O) groups excluding carboxylic acids is 1. The highest BCUT2D eigenvalue weighted by atomic mass is 35.5. The van der Waals surface area contributed by atoms with Gasteiger partial charge in [0.2, 0.25) is 0 Å². The molecule has 0 bridgehead atoms. The zero-order valence-corrected chi connectivity index (χ0v) is 16.7. The van der Waals surface area contributed by atoms with E-state index >= 15 is 0 Å². The highest BCUT2D eigenvalue weighted by molar-refractivity contribution is 6.39. The second-order valence-corrected chi connectivity index (χ2v) is 7.68. The Balaban J connectivity index is 1.92. The lowest BCUT2D eigenvalue weighted by molar-refractivity contribution is 0.0966. The monoisotopic (exact) mass is 407 g/mol. The van der Waals surface area contributed by atoms with Crippen LogP contribution < -0.4 is 4.90 Å². The third-order valence-corrected chi connectivity index (χ3v) is 5.71. The predicted octanol–water partition coefficient (Wildman–Crippen LogP) is 4.86. The van der Waals surface area contributed by atoms with Gasteiger partial charge in [-0.3, -0.25) is 4.79 Å². The number of halogens is 2. The Morgan fingerprint density at radius 2 is 1.74 bits per heavy atom. The highest BCUT2D eigenvalue weighted by Gasteiger charge is 2.28. The molecule has 27 heavy (non-hydrogen) atoms. The van der Waals surface area contributed by atoms with Gasteiger partial charge in [-0.2, -0.15) is 0 Å². The minimum absolute atomic E-state index is 0.00559. The van der Waals surface area contributed by atoms with Gasteiger partial charge in [-0.05, 0) is 43.4 Å². The van der Waals surface area contributed by atoms with Gasteiger partial charge in [0.1, 0.15) is 22.2 Å². The molecular formula is C20H23Cl2N3O2. The maximum absolute atomic E-state index is 13.1. The van der Waals surface area contributed by atoms with Crippen molar-refractivity contribution in [1.82, 2.24) is 9.97 Å². The molecule has 1 atom stereocenters. The molecule has 5 nitrogen and oxygen atoms in total. The van der Waals surface area contributed by atoms with Crippen LogP contribution in [0, 0.1) is 0 Å². The normalized spacial score (nSPS) is 16.1. The van der Waals surface area contributed by atoms with E-state index < -0.39 is 11.9 Å². The van der Waals surface area contributed by atoms with Gasteiger partial charge in [-0.25, -0.2) is 9.97 Å². The van der Waals surface area contributed by atoms with E-state index in [9.17, 15) is 9.90 Å². The molecule has 1 aliphatic carbocycles. The fourth-order valence-corrected chi connectivity index (χ4v) is 4.11. The Labute approximate surface area is 169 Å². The van der Waals surface area contributed by atoms with Crippen LogP contribution in [0.25, 0.3) is 0 Å². The molecule has 1 fully saturated rings. The average molecular weight is 408 g/mol. The zero-order valence-electron chi connectivity index (χ0n) is 15.2. The van der Waals surface area contributed by atoms with Crippen molar-refractivity contribution in [3.05, 3.63) is 52.0 Å². The lowest BCUT2D eigenvalue weighted by atomic mass is 9.84. The number of nitrogens with zero attached hydrogens (tertiary/aromatic N) is 3. The van der Waals surface area contributed by atoms with Crippen LogP contribution in [0.2, 0.25) is 10.3 Å². The summed E-state index contributed by atoms with van der Waals surface area (Å²) in [5, 5.41) is 9.66. The summed E-state index contributed by atoms with van der Waals surface area (Å²) in [6.45, 7) is 1.57. The van der Waals surface area contributed by atoms with Gasteiger partial charge in [-0.1, -0.05) is 54.6 Å². The maximum Gasteiger partial charge on any atom is 0.264 e. The van der Waals surface area contributed by atoms with Crippen LogP contribution in [0.5, 0.6) is 0 Å². The predicted molar refractivity (Wildman–Crippen MR) is 108 cm³/mol. The molecule has 1 saturated carbocycles. The summed E-state index contributed by atoms with van der Waals surface area (Å²) in [6.07, 6.45) is 7.47. The van der Waals surface area contributed by atoms with Crippen LogP contribution >= 0.6 is 23.2 Å². The summed E-state index contributed by atoms with van der Waals surface area (Å²) in [5.41, 5.74) is 2.01. The Morgan fingerprint density at radius 1 is 1.15 bits per heavy atom. The molecule has 1 aliphatic rings. The lowest BCUT2D eigenvalue weighted by Crippen LogP contribution is -2.41. The quantitative estimate of drug-likeness (QED) is 0.718. The molecular weight excluding hydrogens is 385 g/mol. The molecule has 0 saturated heterocycles. The number of anilines is 1.